The fourth-order valence-corrected chi connectivity index (χ4v) is 6.09. The summed E-state index contributed by atoms with van der Waals surface area (Å²) in [4.78, 5) is 34.8. The van der Waals surface area contributed by atoms with Gasteiger partial charge in [0.15, 0.2) is 6.10 Å². The van der Waals surface area contributed by atoms with Crippen molar-refractivity contribution in [2.45, 2.75) is 32.8 Å². The van der Waals surface area contributed by atoms with Crippen molar-refractivity contribution < 1.29 is 14.3 Å². The molecule has 1 unspecified atom stereocenters. The molecule has 5 aromatic rings. The number of imidazole rings is 1. The van der Waals surface area contributed by atoms with Crippen LogP contribution in [0.2, 0.25) is 0 Å². The molecule has 39 heavy (non-hydrogen) atoms. The molecule has 192 valence electrons. The topological polar surface area (TPSA) is 108 Å². The number of esters is 1. The highest BCUT2D eigenvalue weighted by Crippen LogP contribution is 2.44. The highest BCUT2D eigenvalue weighted by molar-refractivity contribution is 7.20. The standard InChI is InChI=1S/C31H24N4O3S/c1-17-7-9-20(10-8-17)28-33-25-14-12-21(15-26(25)34-28)31(37)38-18(2)29(36)35-30-24(16-32)23-13-11-19-5-3-4-6-22(19)27(23)39-30/h3-10,12,14-15,18H,11,13H2,1-2H3,(H,33,34)(H,35,36). The predicted octanol–water partition coefficient (Wildman–Crippen LogP) is 6.42. The third kappa shape index (κ3) is 4.58. The number of nitrogens with zero attached hydrogens (tertiary/aromatic N) is 2. The second-order valence-corrected chi connectivity index (χ2v) is 10.6. The van der Waals surface area contributed by atoms with Crippen LogP contribution in [0.1, 0.15) is 39.5 Å². The van der Waals surface area contributed by atoms with Crippen LogP contribution in [0, 0.1) is 18.3 Å². The van der Waals surface area contributed by atoms with Gasteiger partial charge in [0.25, 0.3) is 5.91 Å². The summed E-state index contributed by atoms with van der Waals surface area (Å²) in [5, 5.41) is 13.1. The third-order valence-electron chi connectivity index (χ3n) is 6.96. The van der Waals surface area contributed by atoms with E-state index in [0.717, 1.165) is 45.5 Å². The van der Waals surface area contributed by atoms with E-state index in [-0.39, 0.29) is 0 Å². The largest absolute Gasteiger partial charge is 0.449 e. The van der Waals surface area contributed by atoms with Crippen LogP contribution in [0.25, 0.3) is 32.9 Å². The molecule has 0 bridgehead atoms. The molecular formula is C31H24N4O3S. The number of hydrogen-bond donors (Lipinski definition) is 2. The van der Waals surface area contributed by atoms with E-state index in [4.69, 9.17) is 4.74 Å². The molecule has 1 amide bonds. The number of H-pyrrole nitrogens is 1. The molecule has 0 aliphatic heterocycles. The maximum atomic E-state index is 13.0. The van der Waals surface area contributed by atoms with Crippen LogP contribution in [0.3, 0.4) is 0 Å². The molecule has 0 spiro atoms. The van der Waals surface area contributed by atoms with Gasteiger partial charge in [-0.05, 0) is 61.6 Å². The predicted molar refractivity (Wildman–Crippen MR) is 152 cm³/mol. The molecule has 0 radical (unpaired) electrons. The average molecular weight is 533 g/mol. The van der Waals surface area contributed by atoms with Crippen molar-refractivity contribution >= 4 is 39.2 Å². The lowest BCUT2D eigenvalue weighted by Gasteiger charge is -2.15. The molecule has 1 aliphatic rings. The molecular weight excluding hydrogens is 508 g/mol. The number of nitrogens with one attached hydrogen (secondary N) is 2. The molecule has 2 aromatic heterocycles. The van der Waals surface area contributed by atoms with Crippen molar-refractivity contribution in [3.8, 4) is 27.9 Å². The second-order valence-electron chi connectivity index (χ2n) is 9.60. The molecule has 0 saturated carbocycles. The Labute approximate surface area is 229 Å². The van der Waals surface area contributed by atoms with Crippen LogP contribution in [-0.2, 0) is 22.4 Å². The van der Waals surface area contributed by atoms with E-state index in [0.29, 0.717) is 27.5 Å². The number of fused-ring (bicyclic) bond motifs is 4. The Morgan fingerprint density at radius 2 is 1.90 bits per heavy atom. The van der Waals surface area contributed by atoms with Gasteiger partial charge in [-0.2, -0.15) is 5.26 Å². The zero-order valence-corrected chi connectivity index (χ0v) is 22.2. The van der Waals surface area contributed by atoms with Crippen LogP contribution >= 0.6 is 11.3 Å². The number of nitriles is 1. The summed E-state index contributed by atoms with van der Waals surface area (Å²) in [7, 11) is 0. The fourth-order valence-electron chi connectivity index (χ4n) is 4.83. The van der Waals surface area contributed by atoms with E-state index >= 15 is 0 Å². The van der Waals surface area contributed by atoms with Gasteiger partial charge in [-0.3, -0.25) is 4.79 Å². The van der Waals surface area contributed by atoms with Gasteiger partial charge in [-0.25, -0.2) is 9.78 Å². The number of hydrogen-bond acceptors (Lipinski definition) is 6. The van der Waals surface area contributed by atoms with Gasteiger partial charge < -0.3 is 15.0 Å². The molecule has 0 saturated heterocycles. The SMILES string of the molecule is Cc1ccc(-c2nc3ccc(C(=O)OC(C)C(=O)Nc4sc5c(c4C#N)CCc4ccccc4-5)cc3[nH]2)cc1. The maximum Gasteiger partial charge on any atom is 0.338 e. The second kappa shape index (κ2) is 9.86. The summed E-state index contributed by atoms with van der Waals surface area (Å²) in [5.74, 6) is -0.403. The van der Waals surface area contributed by atoms with Crippen LogP contribution in [0.4, 0.5) is 5.00 Å². The molecule has 1 aliphatic carbocycles. The number of anilines is 1. The number of carbonyl (C=O) groups excluding carboxylic acids is 2. The van der Waals surface area contributed by atoms with Gasteiger partial charge in [0.05, 0.1) is 22.2 Å². The minimum Gasteiger partial charge on any atom is -0.449 e. The zero-order chi connectivity index (χ0) is 27.1. The Kier molecular flexibility index (Phi) is 6.21. The summed E-state index contributed by atoms with van der Waals surface area (Å²) in [6, 6.07) is 23.4. The monoisotopic (exact) mass is 532 g/mol. The number of amides is 1. The minimum atomic E-state index is -1.06. The van der Waals surface area contributed by atoms with Crippen molar-refractivity contribution in [1.82, 2.24) is 9.97 Å². The highest BCUT2D eigenvalue weighted by atomic mass is 32.1. The smallest absolute Gasteiger partial charge is 0.338 e. The molecule has 8 heteroatoms. The van der Waals surface area contributed by atoms with Gasteiger partial charge in [0.2, 0.25) is 0 Å². The normalized spacial score (nSPS) is 12.7. The van der Waals surface area contributed by atoms with Crippen LogP contribution in [0.5, 0.6) is 0 Å². The Morgan fingerprint density at radius 3 is 2.69 bits per heavy atom. The number of ether oxygens (including phenoxy) is 1. The number of benzene rings is 3. The first-order valence-electron chi connectivity index (χ1n) is 12.6. The van der Waals surface area contributed by atoms with Gasteiger partial charge in [0.1, 0.15) is 16.9 Å². The lowest BCUT2D eigenvalue weighted by molar-refractivity contribution is -0.123. The molecule has 6 rings (SSSR count). The van der Waals surface area contributed by atoms with Crippen molar-refractivity contribution in [2.75, 3.05) is 5.32 Å². The van der Waals surface area contributed by atoms with Crippen LogP contribution < -0.4 is 5.32 Å². The van der Waals surface area contributed by atoms with Gasteiger partial charge in [-0.15, -0.1) is 11.3 Å². The van der Waals surface area contributed by atoms with Crippen molar-refractivity contribution in [3.05, 3.63) is 94.5 Å². The van der Waals surface area contributed by atoms with E-state index in [1.165, 1.54) is 23.8 Å². The number of aryl methyl sites for hydroxylation is 2. The van der Waals surface area contributed by atoms with Gasteiger partial charge in [-0.1, -0.05) is 54.1 Å². The first kappa shape index (κ1) is 24.6. The first-order chi connectivity index (χ1) is 18.9. The van der Waals surface area contributed by atoms with Crippen molar-refractivity contribution in [3.63, 3.8) is 0 Å². The molecule has 0 fully saturated rings. The van der Waals surface area contributed by atoms with Gasteiger partial charge >= 0.3 is 5.97 Å². The number of thiophene rings is 1. The van der Waals surface area contributed by atoms with Crippen LogP contribution in [-0.4, -0.2) is 27.9 Å². The number of aromatic amines is 1. The Balaban J connectivity index is 1.17. The van der Waals surface area contributed by atoms with Gasteiger partial charge in [0, 0.05) is 10.4 Å². The molecule has 7 nitrogen and oxygen atoms in total. The molecule has 1 atom stereocenters. The third-order valence-corrected chi connectivity index (χ3v) is 8.14. The number of aromatic nitrogens is 2. The van der Waals surface area contributed by atoms with E-state index < -0.39 is 18.0 Å². The highest BCUT2D eigenvalue weighted by Gasteiger charge is 2.27. The summed E-state index contributed by atoms with van der Waals surface area (Å²) in [6.45, 7) is 3.54. The van der Waals surface area contributed by atoms with Crippen LogP contribution in [0.15, 0.2) is 66.7 Å². The Hall–Kier alpha value is -4.74. The fraction of sp³-hybridized carbons (Fsp3) is 0.161. The Morgan fingerprint density at radius 1 is 1.10 bits per heavy atom. The number of rotatable bonds is 5. The average Bonchev–Trinajstić information content (AvgIpc) is 3.54. The Bertz CT molecular complexity index is 1790. The molecule has 2 N–H and O–H groups in total. The zero-order valence-electron chi connectivity index (χ0n) is 21.4. The summed E-state index contributed by atoms with van der Waals surface area (Å²) >= 11 is 1.39. The number of carbonyl (C=O) groups is 2. The van der Waals surface area contributed by atoms with Crippen molar-refractivity contribution in [2.24, 2.45) is 0 Å². The van der Waals surface area contributed by atoms with E-state index in [1.54, 1.807) is 18.2 Å². The summed E-state index contributed by atoms with van der Waals surface area (Å²) < 4.78 is 5.49. The quantitative estimate of drug-likeness (QED) is 0.254. The van der Waals surface area contributed by atoms with E-state index in [1.807, 2.05) is 49.4 Å². The van der Waals surface area contributed by atoms with Crippen molar-refractivity contribution in [1.29, 1.82) is 5.26 Å². The molecule has 2 heterocycles. The minimum absolute atomic E-state index is 0.308. The van der Waals surface area contributed by atoms with E-state index in [2.05, 4.69) is 27.4 Å². The summed E-state index contributed by atoms with van der Waals surface area (Å²) in [5.41, 5.74) is 7.59. The first-order valence-corrected chi connectivity index (χ1v) is 13.5. The molecule has 3 aromatic carbocycles. The summed E-state index contributed by atoms with van der Waals surface area (Å²) in [6.07, 6.45) is 0.535. The maximum absolute atomic E-state index is 13.0. The lowest BCUT2D eigenvalue weighted by Crippen LogP contribution is -2.30. The lowest BCUT2D eigenvalue weighted by atomic mass is 9.90. The van der Waals surface area contributed by atoms with E-state index in [9.17, 15) is 14.9 Å².